The smallest absolute Gasteiger partial charge is 0.338 e. The molecule has 29 heavy (non-hydrogen) atoms. The average Bonchev–Trinajstić information content (AvgIpc) is 2.66. The Morgan fingerprint density at radius 2 is 1.69 bits per heavy atom. The second kappa shape index (κ2) is 9.19. The van der Waals surface area contributed by atoms with E-state index < -0.39 is 28.5 Å². The van der Waals surface area contributed by atoms with Crippen molar-refractivity contribution < 1.29 is 22.7 Å². The minimum absolute atomic E-state index is 0.0188. The number of ether oxygens (including phenoxy) is 1. The molecule has 0 aliphatic heterocycles. The Labute approximate surface area is 171 Å². The van der Waals surface area contributed by atoms with Gasteiger partial charge in [-0.2, -0.15) is 0 Å². The van der Waals surface area contributed by atoms with Crippen molar-refractivity contribution in [3.63, 3.8) is 0 Å². The van der Waals surface area contributed by atoms with Crippen molar-refractivity contribution in [2.24, 2.45) is 0 Å². The van der Waals surface area contributed by atoms with Crippen LogP contribution in [0.25, 0.3) is 0 Å². The molecule has 7 nitrogen and oxygen atoms in total. The van der Waals surface area contributed by atoms with Crippen LogP contribution < -0.4 is 5.32 Å². The molecule has 156 valence electrons. The molecule has 0 aliphatic rings. The number of aryl methyl sites for hydroxylation is 1. The fourth-order valence-electron chi connectivity index (χ4n) is 2.55. The molecule has 8 heteroatoms. The number of carbonyl (C=O) groups is 2. The molecule has 0 saturated heterocycles. The number of carbonyl (C=O) groups excluding carboxylic acids is 2. The van der Waals surface area contributed by atoms with E-state index in [0.29, 0.717) is 17.2 Å². The molecule has 0 aromatic heterocycles. The quantitative estimate of drug-likeness (QED) is 0.697. The first kappa shape index (κ1) is 22.6. The number of amides is 1. The molecule has 0 saturated carbocycles. The van der Waals surface area contributed by atoms with E-state index in [1.54, 1.807) is 19.1 Å². The minimum Gasteiger partial charge on any atom is -0.452 e. The van der Waals surface area contributed by atoms with Crippen molar-refractivity contribution in [2.45, 2.75) is 31.6 Å². The molecule has 0 radical (unpaired) electrons. The topological polar surface area (TPSA) is 92.8 Å². The molecule has 0 spiro atoms. The van der Waals surface area contributed by atoms with Crippen molar-refractivity contribution in [3.05, 3.63) is 59.2 Å². The van der Waals surface area contributed by atoms with Crippen LogP contribution in [0.1, 0.15) is 41.3 Å². The molecule has 0 aliphatic carbocycles. The van der Waals surface area contributed by atoms with Gasteiger partial charge in [-0.05, 0) is 48.2 Å². The van der Waals surface area contributed by atoms with Crippen molar-refractivity contribution in [3.8, 4) is 0 Å². The number of anilines is 1. The van der Waals surface area contributed by atoms with Crippen LogP contribution in [0.5, 0.6) is 0 Å². The summed E-state index contributed by atoms with van der Waals surface area (Å²) in [6, 6.07) is 11.6. The molecule has 2 aromatic rings. The van der Waals surface area contributed by atoms with Crippen LogP contribution in [-0.4, -0.2) is 45.3 Å². The van der Waals surface area contributed by atoms with Crippen LogP contribution in [0.3, 0.4) is 0 Å². The van der Waals surface area contributed by atoms with Crippen molar-refractivity contribution in [2.75, 3.05) is 26.0 Å². The van der Waals surface area contributed by atoms with Gasteiger partial charge in [0.15, 0.2) is 6.61 Å². The normalized spacial score (nSPS) is 11.6. The molecule has 0 fully saturated rings. The van der Waals surface area contributed by atoms with Gasteiger partial charge in [0, 0.05) is 19.8 Å². The number of hydrogen-bond donors (Lipinski definition) is 1. The van der Waals surface area contributed by atoms with Crippen LogP contribution >= 0.6 is 0 Å². The summed E-state index contributed by atoms with van der Waals surface area (Å²) in [7, 11) is -0.869. The number of esters is 1. The van der Waals surface area contributed by atoms with Crippen LogP contribution in [0.15, 0.2) is 47.4 Å². The van der Waals surface area contributed by atoms with Gasteiger partial charge in [-0.25, -0.2) is 17.5 Å². The van der Waals surface area contributed by atoms with Gasteiger partial charge in [0.2, 0.25) is 10.0 Å². The van der Waals surface area contributed by atoms with Crippen LogP contribution in [0, 0.1) is 6.92 Å². The van der Waals surface area contributed by atoms with E-state index in [9.17, 15) is 18.0 Å². The zero-order valence-corrected chi connectivity index (χ0v) is 18.0. The summed E-state index contributed by atoms with van der Waals surface area (Å²) in [5.74, 6) is -0.856. The first-order valence-electron chi connectivity index (χ1n) is 9.12. The van der Waals surface area contributed by atoms with Crippen molar-refractivity contribution >= 4 is 27.6 Å². The van der Waals surface area contributed by atoms with Gasteiger partial charge in [-0.1, -0.05) is 32.0 Å². The largest absolute Gasteiger partial charge is 0.452 e. The Morgan fingerprint density at radius 1 is 1.07 bits per heavy atom. The molecule has 0 atom stereocenters. The van der Waals surface area contributed by atoms with Crippen molar-refractivity contribution in [1.82, 2.24) is 4.31 Å². The van der Waals surface area contributed by atoms with Gasteiger partial charge in [0.25, 0.3) is 5.91 Å². The number of nitrogens with zero attached hydrogens (tertiary/aromatic N) is 1. The van der Waals surface area contributed by atoms with Crippen LogP contribution in [0.4, 0.5) is 5.69 Å². The van der Waals surface area contributed by atoms with E-state index in [4.69, 9.17) is 4.74 Å². The molecule has 1 amide bonds. The second-order valence-corrected chi connectivity index (χ2v) is 9.32. The Hall–Kier alpha value is -2.71. The molecule has 0 bridgehead atoms. The zero-order valence-electron chi connectivity index (χ0n) is 17.2. The van der Waals surface area contributed by atoms with Gasteiger partial charge in [0.1, 0.15) is 0 Å². The highest BCUT2D eigenvalue weighted by atomic mass is 32.2. The van der Waals surface area contributed by atoms with Gasteiger partial charge in [-0.15, -0.1) is 0 Å². The summed E-state index contributed by atoms with van der Waals surface area (Å²) in [4.78, 5) is 24.4. The molecule has 2 aromatic carbocycles. The molecule has 1 N–H and O–H groups in total. The number of sulfonamides is 1. The van der Waals surface area contributed by atoms with E-state index in [2.05, 4.69) is 19.2 Å². The van der Waals surface area contributed by atoms with Crippen LogP contribution in [0.2, 0.25) is 0 Å². The third kappa shape index (κ3) is 5.65. The number of rotatable bonds is 7. The number of hydrogen-bond acceptors (Lipinski definition) is 5. The van der Waals surface area contributed by atoms with Gasteiger partial charge >= 0.3 is 5.97 Å². The summed E-state index contributed by atoms with van der Waals surface area (Å²) < 4.78 is 30.7. The Morgan fingerprint density at radius 3 is 2.24 bits per heavy atom. The fourth-order valence-corrected chi connectivity index (χ4v) is 3.48. The zero-order chi connectivity index (χ0) is 21.8. The second-order valence-electron chi connectivity index (χ2n) is 7.17. The van der Waals surface area contributed by atoms with Gasteiger partial charge < -0.3 is 10.1 Å². The van der Waals surface area contributed by atoms with Crippen molar-refractivity contribution in [1.29, 1.82) is 0 Å². The molecule has 2 rings (SSSR count). The third-order valence-corrected chi connectivity index (χ3v) is 6.21. The lowest BCUT2D eigenvalue weighted by atomic mass is 10.0. The lowest BCUT2D eigenvalue weighted by molar-refractivity contribution is -0.119. The highest BCUT2D eigenvalue weighted by Crippen LogP contribution is 2.19. The number of benzene rings is 2. The minimum atomic E-state index is -3.69. The SMILES string of the molecule is Cc1ccc(S(=O)(=O)N(C)C)cc1C(=O)OCC(=O)Nc1ccc(C(C)C)cc1. The Bertz CT molecular complexity index is 996. The Kier molecular flexibility index (Phi) is 7.16. The first-order chi connectivity index (χ1) is 13.5. The number of nitrogens with one attached hydrogen (secondary N) is 1. The lowest BCUT2D eigenvalue weighted by Crippen LogP contribution is -2.23. The lowest BCUT2D eigenvalue weighted by Gasteiger charge is -2.13. The van der Waals surface area contributed by atoms with E-state index in [-0.39, 0.29) is 10.5 Å². The summed E-state index contributed by atoms with van der Waals surface area (Å²) in [6.07, 6.45) is 0. The maximum absolute atomic E-state index is 12.4. The average molecular weight is 419 g/mol. The predicted molar refractivity (Wildman–Crippen MR) is 111 cm³/mol. The molecular formula is C21H26N2O5S. The molecular weight excluding hydrogens is 392 g/mol. The standard InChI is InChI=1S/C21H26N2O5S/c1-14(2)16-7-9-17(10-8-16)22-20(24)13-28-21(25)19-12-18(11-6-15(19)3)29(26,27)23(4)5/h6-12,14H,13H2,1-5H3,(H,22,24). The highest BCUT2D eigenvalue weighted by Gasteiger charge is 2.21. The summed E-state index contributed by atoms with van der Waals surface area (Å²) in [5.41, 5.74) is 2.41. The predicted octanol–water partition coefficient (Wildman–Crippen LogP) is 3.16. The van der Waals surface area contributed by atoms with Gasteiger partial charge in [-0.3, -0.25) is 4.79 Å². The van der Waals surface area contributed by atoms with E-state index >= 15 is 0 Å². The summed E-state index contributed by atoms with van der Waals surface area (Å²) >= 11 is 0. The van der Waals surface area contributed by atoms with E-state index in [1.807, 2.05) is 12.1 Å². The summed E-state index contributed by atoms with van der Waals surface area (Å²) in [6.45, 7) is 5.34. The third-order valence-electron chi connectivity index (χ3n) is 4.40. The molecule has 0 heterocycles. The van der Waals surface area contributed by atoms with Crippen LogP contribution in [-0.2, 0) is 19.6 Å². The van der Waals surface area contributed by atoms with Gasteiger partial charge in [0.05, 0.1) is 10.5 Å². The van der Waals surface area contributed by atoms with E-state index in [1.165, 1.54) is 32.3 Å². The highest BCUT2D eigenvalue weighted by molar-refractivity contribution is 7.89. The first-order valence-corrected chi connectivity index (χ1v) is 10.6. The summed E-state index contributed by atoms with van der Waals surface area (Å²) in [5, 5.41) is 2.66. The Balaban J connectivity index is 2.04. The fraction of sp³-hybridized carbons (Fsp3) is 0.333. The maximum Gasteiger partial charge on any atom is 0.338 e. The maximum atomic E-state index is 12.4. The van der Waals surface area contributed by atoms with E-state index in [0.717, 1.165) is 9.87 Å². The molecule has 0 unspecified atom stereocenters. The monoisotopic (exact) mass is 418 g/mol.